The van der Waals surface area contributed by atoms with Gasteiger partial charge in [0.15, 0.2) is 0 Å². The number of hydrogen-bond acceptors (Lipinski definition) is 6. The number of rotatable bonds is 5. The maximum Gasteiger partial charge on any atom is 0.270 e. The summed E-state index contributed by atoms with van der Waals surface area (Å²) >= 11 is 0. The fraction of sp³-hybridized carbons (Fsp3) is 0.458. The van der Waals surface area contributed by atoms with Crippen molar-refractivity contribution in [3.63, 3.8) is 0 Å². The number of benzene rings is 2. The van der Waals surface area contributed by atoms with Gasteiger partial charge in [-0.25, -0.2) is 8.42 Å². The van der Waals surface area contributed by atoms with Gasteiger partial charge in [-0.15, -0.1) is 0 Å². The molecule has 9 nitrogen and oxygen atoms in total. The molecule has 0 bridgehead atoms. The molecule has 2 aromatic carbocycles. The SMILES string of the molecule is Cc1ccc([N+](=O)[O-])cc1S(=O)(=O)N1CCC(C(=O)N2CC(C)OC(c3ccccc3)C2)CC1. The van der Waals surface area contributed by atoms with E-state index in [4.69, 9.17) is 4.74 Å². The molecule has 0 aromatic heterocycles. The van der Waals surface area contributed by atoms with Crippen LogP contribution < -0.4 is 0 Å². The lowest BCUT2D eigenvalue weighted by molar-refractivity contribution is -0.385. The molecule has 2 aliphatic heterocycles. The number of carbonyl (C=O) groups excluding carboxylic acids is 1. The summed E-state index contributed by atoms with van der Waals surface area (Å²) < 4.78 is 33.8. The van der Waals surface area contributed by atoms with Gasteiger partial charge < -0.3 is 9.64 Å². The summed E-state index contributed by atoms with van der Waals surface area (Å²) in [6, 6.07) is 13.7. The van der Waals surface area contributed by atoms with Crippen molar-refractivity contribution in [2.45, 2.75) is 43.8 Å². The average Bonchev–Trinajstić information content (AvgIpc) is 2.84. The number of non-ortho nitro benzene ring substituents is 1. The van der Waals surface area contributed by atoms with Gasteiger partial charge in [0, 0.05) is 37.7 Å². The minimum Gasteiger partial charge on any atom is -0.367 e. The Morgan fingerprint density at radius 2 is 1.76 bits per heavy atom. The zero-order valence-electron chi connectivity index (χ0n) is 19.3. The summed E-state index contributed by atoms with van der Waals surface area (Å²) in [6.45, 7) is 4.94. The van der Waals surface area contributed by atoms with Crippen molar-refractivity contribution >= 4 is 21.6 Å². The molecule has 0 N–H and O–H groups in total. The number of piperidine rings is 1. The van der Waals surface area contributed by atoms with Crippen molar-refractivity contribution in [2.75, 3.05) is 26.2 Å². The van der Waals surface area contributed by atoms with Crippen LogP contribution in [0, 0.1) is 23.0 Å². The Labute approximate surface area is 199 Å². The minimum absolute atomic E-state index is 0.0275. The first-order chi connectivity index (χ1) is 16.2. The van der Waals surface area contributed by atoms with Gasteiger partial charge in [0.1, 0.15) is 6.10 Å². The third-order valence-electron chi connectivity index (χ3n) is 6.55. The van der Waals surface area contributed by atoms with E-state index in [1.54, 1.807) is 6.92 Å². The van der Waals surface area contributed by atoms with Crippen molar-refractivity contribution in [1.29, 1.82) is 0 Å². The zero-order chi connectivity index (χ0) is 24.5. The van der Waals surface area contributed by atoms with Crippen LogP contribution in [0.25, 0.3) is 0 Å². The number of nitro benzene ring substituents is 1. The van der Waals surface area contributed by atoms with Crippen molar-refractivity contribution in [1.82, 2.24) is 9.21 Å². The van der Waals surface area contributed by atoms with Crippen molar-refractivity contribution < 1.29 is 22.9 Å². The molecule has 34 heavy (non-hydrogen) atoms. The van der Waals surface area contributed by atoms with Crippen molar-refractivity contribution in [3.05, 3.63) is 69.8 Å². The molecule has 182 valence electrons. The topological polar surface area (TPSA) is 110 Å². The van der Waals surface area contributed by atoms with E-state index in [-0.39, 0.29) is 47.7 Å². The van der Waals surface area contributed by atoms with Gasteiger partial charge in [0.05, 0.1) is 22.5 Å². The van der Waals surface area contributed by atoms with Gasteiger partial charge in [-0.2, -0.15) is 4.31 Å². The zero-order valence-corrected chi connectivity index (χ0v) is 20.1. The number of nitrogens with zero attached hydrogens (tertiary/aromatic N) is 3. The lowest BCUT2D eigenvalue weighted by atomic mass is 9.95. The van der Waals surface area contributed by atoms with E-state index in [1.807, 2.05) is 42.2 Å². The van der Waals surface area contributed by atoms with Crippen LogP contribution in [0.3, 0.4) is 0 Å². The number of carbonyl (C=O) groups is 1. The monoisotopic (exact) mass is 487 g/mol. The Hall–Kier alpha value is -2.82. The molecular weight excluding hydrogens is 458 g/mol. The third kappa shape index (κ3) is 4.98. The number of morpholine rings is 1. The summed E-state index contributed by atoms with van der Waals surface area (Å²) in [5, 5.41) is 11.1. The largest absolute Gasteiger partial charge is 0.367 e. The number of nitro groups is 1. The predicted octanol–water partition coefficient (Wildman–Crippen LogP) is 3.29. The van der Waals surface area contributed by atoms with Crippen LogP contribution in [0.2, 0.25) is 0 Å². The molecule has 2 heterocycles. The molecule has 0 saturated carbocycles. The highest BCUT2D eigenvalue weighted by Gasteiger charge is 2.37. The van der Waals surface area contributed by atoms with E-state index in [0.29, 0.717) is 31.5 Å². The van der Waals surface area contributed by atoms with Gasteiger partial charge in [-0.05, 0) is 37.8 Å². The van der Waals surface area contributed by atoms with E-state index >= 15 is 0 Å². The normalized spacial score (nSPS) is 22.5. The third-order valence-corrected chi connectivity index (χ3v) is 8.59. The van der Waals surface area contributed by atoms with Crippen LogP contribution in [-0.2, 0) is 19.6 Å². The maximum atomic E-state index is 13.3. The molecule has 2 saturated heterocycles. The molecule has 1 amide bonds. The van der Waals surface area contributed by atoms with Crippen LogP contribution in [0.1, 0.15) is 37.0 Å². The number of aryl methyl sites for hydroxylation is 1. The molecule has 0 radical (unpaired) electrons. The van der Waals surface area contributed by atoms with Gasteiger partial charge in [-0.3, -0.25) is 14.9 Å². The highest BCUT2D eigenvalue weighted by atomic mass is 32.2. The Bertz CT molecular complexity index is 1160. The number of sulfonamides is 1. The van der Waals surface area contributed by atoms with E-state index in [2.05, 4.69) is 0 Å². The Balaban J connectivity index is 1.43. The standard InChI is InChI=1S/C24H29N3O6S/c1-17-8-9-21(27(29)30)14-23(17)34(31,32)26-12-10-20(11-13-26)24(28)25-15-18(2)33-22(16-25)19-6-4-3-5-7-19/h3-9,14,18,20,22H,10-13,15-16H2,1-2H3. The Morgan fingerprint density at radius 1 is 1.09 bits per heavy atom. The van der Waals surface area contributed by atoms with Crippen LogP contribution in [0.5, 0.6) is 0 Å². The summed E-state index contributed by atoms with van der Waals surface area (Å²) in [6.07, 6.45) is 0.535. The van der Waals surface area contributed by atoms with E-state index in [9.17, 15) is 23.3 Å². The second-order valence-corrected chi connectivity index (χ2v) is 10.9. The first-order valence-corrected chi connectivity index (χ1v) is 12.8. The highest BCUT2D eigenvalue weighted by molar-refractivity contribution is 7.89. The quantitative estimate of drug-likeness (QED) is 0.473. The van der Waals surface area contributed by atoms with E-state index in [1.165, 1.54) is 16.4 Å². The van der Waals surface area contributed by atoms with Gasteiger partial charge in [0.2, 0.25) is 15.9 Å². The van der Waals surface area contributed by atoms with Crippen molar-refractivity contribution in [2.24, 2.45) is 5.92 Å². The fourth-order valence-corrected chi connectivity index (χ4v) is 6.42. The fourth-order valence-electron chi connectivity index (χ4n) is 4.70. The molecule has 2 aromatic rings. The molecule has 0 aliphatic carbocycles. The molecule has 2 atom stereocenters. The molecule has 0 spiro atoms. The van der Waals surface area contributed by atoms with Crippen molar-refractivity contribution in [3.8, 4) is 0 Å². The van der Waals surface area contributed by atoms with Crippen LogP contribution >= 0.6 is 0 Å². The summed E-state index contributed by atoms with van der Waals surface area (Å²) in [5.74, 6) is -0.237. The first kappa shape index (κ1) is 24.3. The van der Waals surface area contributed by atoms with Gasteiger partial charge >= 0.3 is 0 Å². The predicted molar refractivity (Wildman–Crippen MR) is 126 cm³/mol. The maximum absolute atomic E-state index is 13.3. The first-order valence-electron chi connectivity index (χ1n) is 11.4. The molecule has 4 rings (SSSR count). The lowest BCUT2D eigenvalue weighted by Crippen LogP contribution is -2.50. The molecular formula is C24H29N3O6S. The van der Waals surface area contributed by atoms with Gasteiger partial charge in [-0.1, -0.05) is 36.4 Å². The summed E-state index contributed by atoms with van der Waals surface area (Å²) in [5.41, 5.74) is 1.22. The second kappa shape index (κ2) is 9.81. The molecule has 2 fully saturated rings. The van der Waals surface area contributed by atoms with E-state index in [0.717, 1.165) is 11.6 Å². The Morgan fingerprint density at radius 3 is 2.41 bits per heavy atom. The van der Waals surface area contributed by atoms with Crippen LogP contribution in [0.15, 0.2) is 53.4 Å². The highest BCUT2D eigenvalue weighted by Crippen LogP contribution is 2.31. The molecule has 2 aliphatic rings. The van der Waals surface area contributed by atoms with Crippen LogP contribution in [0.4, 0.5) is 5.69 Å². The lowest BCUT2D eigenvalue weighted by Gasteiger charge is -2.40. The smallest absolute Gasteiger partial charge is 0.270 e. The number of amides is 1. The second-order valence-electron chi connectivity index (χ2n) is 8.97. The molecule has 10 heteroatoms. The average molecular weight is 488 g/mol. The minimum atomic E-state index is -3.89. The Kier molecular flexibility index (Phi) is 7.01. The van der Waals surface area contributed by atoms with Crippen LogP contribution in [-0.4, -0.2) is 60.7 Å². The van der Waals surface area contributed by atoms with Gasteiger partial charge in [0.25, 0.3) is 5.69 Å². The number of hydrogen-bond donors (Lipinski definition) is 0. The summed E-state index contributed by atoms with van der Waals surface area (Å²) in [4.78, 5) is 25.6. The number of ether oxygens (including phenoxy) is 1. The van der Waals surface area contributed by atoms with E-state index < -0.39 is 14.9 Å². The molecule has 2 unspecified atom stereocenters. The summed E-state index contributed by atoms with van der Waals surface area (Å²) in [7, 11) is -3.89.